The molecule has 0 aliphatic rings. The fourth-order valence-corrected chi connectivity index (χ4v) is 1.72. The van der Waals surface area contributed by atoms with Gasteiger partial charge in [-0.1, -0.05) is 29.8 Å². The van der Waals surface area contributed by atoms with Gasteiger partial charge in [0, 0.05) is 11.3 Å². The minimum Gasteiger partial charge on any atom is -0.507 e. The van der Waals surface area contributed by atoms with Gasteiger partial charge in [0.2, 0.25) is 0 Å². The van der Waals surface area contributed by atoms with Crippen molar-refractivity contribution < 1.29 is 5.11 Å². The molecule has 0 aliphatic heterocycles. The molecular weight excluding hydrogens is 270 g/mol. The number of benzene rings is 2. The van der Waals surface area contributed by atoms with E-state index in [1.54, 1.807) is 18.2 Å². The topological polar surface area (TPSA) is 56.7 Å². The fraction of sp³-hybridized carbons (Fsp3) is 0.0667. The molecule has 0 spiro atoms. The average Bonchev–Trinajstić information content (AvgIpc) is 2.43. The Morgan fingerprint density at radius 1 is 1.15 bits per heavy atom. The summed E-state index contributed by atoms with van der Waals surface area (Å²) in [6.07, 6.45) is 1.51. The van der Waals surface area contributed by atoms with Crippen molar-refractivity contribution in [2.45, 2.75) is 6.92 Å². The van der Waals surface area contributed by atoms with E-state index in [1.807, 2.05) is 37.3 Å². The number of phenolic OH excluding ortho intramolecular Hbond substituents is 1. The van der Waals surface area contributed by atoms with Gasteiger partial charge in [-0.2, -0.15) is 5.10 Å². The van der Waals surface area contributed by atoms with Crippen molar-refractivity contribution >= 4 is 29.2 Å². The molecule has 0 fully saturated rings. The van der Waals surface area contributed by atoms with Crippen LogP contribution in [0.2, 0.25) is 0 Å². The van der Waals surface area contributed by atoms with Crippen LogP contribution in [0, 0.1) is 6.92 Å². The lowest BCUT2D eigenvalue weighted by molar-refractivity contribution is 0.474. The number of aromatic hydroxyl groups is 1. The van der Waals surface area contributed by atoms with Crippen LogP contribution in [-0.4, -0.2) is 16.4 Å². The first-order valence-electron chi connectivity index (χ1n) is 6.10. The molecule has 20 heavy (non-hydrogen) atoms. The molecule has 4 nitrogen and oxygen atoms in total. The van der Waals surface area contributed by atoms with Gasteiger partial charge in [-0.15, -0.1) is 0 Å². The molecule has 0 heterocycles. The van der Waals surface area contributed by atoms with Crippen molar-refractivity contribution in [1.29, 1.82) is 0 Å². The fourth-order valence-electron chi connectivity index (χ4n) is 1.55. The molecule has 0 aliphatic carbocycles. The van der Waals surface area contributed by atoms with Crippen LogP contribution in [0.3, 0.4) is 0 Å². The van der Waals surface area contributed by atoms with Gasteiger partial charge in [-0.3, -0.25) is 5.43 Å². The van der Waals surface area contributed by atoms with Crippen LogP contribution in [-0.2, 0) is 0 Å². The number of thiocarbonyl (C=S) groups is 1. The van der Waals surface area contributed by atoms with Crippen molar-refractivity contribution in [3.63, 3.8) is 0 Å². The number of nitrogens with zero attached hydrogens (tertiary/aromatic N) is 1. The molecule has 2 aromatic carbocycles. The summed E-state index contributed by atoms with van der Waals surface area (Å²) in [5, 5.41) is 17.0. The van der Waals surface area contributed by atoms with Gasteiger partial charge in [0.05, 0.1) is 6.21 Å². The van der Waals surface area contributed by atoms with E-state index >= 15 is 0 Å². The monoisotopic (exact) mass is 285 g/mol. The first-order chi connectivity index (χ1) is 9.65. The smallest absolute Gasteiger partial charge is 0.191 e. The number of hydrazone groups is 1. The zero-order valence-electron chi connectivity index (χ0n) is 11.0. The predicted octanol–water partition coefficient (Wildman–Crippen LogP) is 3.02. The Morgan fingerprint density at radius 3 is 2.55 bits per heavy atom. The summed E-state index contributed by atoms with van der Waals surface area (Å²) in [6, 6.07) is 14.8. The van der Waals surface area contributed by atoms with Gasteiger partial charge in [0.25, 0.3) is 0 Å². The summed E-state index contributed by atoms with van der Waals surface area (Å²) in [6.45, 7) is 2.02. The van der Waals surface area contributed by atoms with Crippen LogP contribution in [0.15, 0.2) is 53.6 Å². The van der Waals surface area contributed by atoms with Crippen LogP contribution in [0.25, 0.3) is 0 Å². The van der Waals surface area contributed by atoms with Crippen molar-refractivity contribution in [1.82, 2.24) is 5.43 Å². The number of phenols is 1. The van der Waals surface area contributed by atoms with Gasteiger partial charge in [-0.05, 0) is 43.4 Å². The third kappa shape index (κ3) is 4.07. The maximum atomic E-state index is 9.57. The third-order valence-electron chi connectivity index (χ3n) is 2.62. The first-order valence-corrected chi connectivity index (χ1v) is 6.51. The van der Waals surface area contributed by atoms with Crippen molar-refractivity contribution in [2.75, 3.05) is 5.32 Å². The zero-order chi connectivity index (χ0) is 14.4. The third-order valence-corrected chi connectivity index (χ3v) is 2.81. The van der Waals surface area contributed by atoms with Crippen LogP contribution in [0.1, 0.15) is 11.1 Å². The van der Waals surface area contributed by atoms with E-state index in [2.05, 4.69) is 15.8 Å². The summed E-state index contributed by atoms with van der Waals surface area (Å²) in [5.74, 6) is 0.176. The second kappa shape index (κ2) is 6.68. The lowest BCUT2D eigenvalue weighted by atomic mass is 10.2. The lowest BCUT2D eigenvalue weighted by Crippen LogP contribution is -2.23. The Balaban J connectivity index is 1.89. The highest BCUT2D eigenvalue weighted by molar-refractivity contribution is 7.80. The maximum absolute atomic E-state index is 9.57. The Labute approximate surface area is 123 Å². The molecule has 0 amide bonds. The number of nitrogens with one attached hydrogen (secondary N) is 2. The SMILES string of the molecule is Cc1ccc(NC(=S)NN=Cc2ccccc2O)cc1. The second-order valence-electron chi connectivity index (χ2n) is 4.25. The van der Waals surface area contributed by atoms with Crippen molar-refractivity contribution in [3.8, 4) is 5.75 Å². The van der Waals surface area contributed by atoms with Gasteiger partial charge < -0.3 is 10.4 Å². The largest absolute Gasteiger partial charge is 0.507 e. The molecule has 0 unspecified atom stereocenters. The molecule has 0 bridgehead atoms. The lowest BCUT2D eigenvalue weighted by Gasteiger charge is -2.07. The molecule has 0 atom stereocenters. The zero-order valence-corrected chi connectivity index (χ0v) is 11.8. The van der Waals surface area contributed by atoms with Crippen molar-refractivity contribution in [3.05, 3.63) is 59.7 Å². The number of para-hydroxylation sites is 1. The van der Waals surface area contributed by atoms with Gasteiger partial charge in [-0.25, -0.2) is 0 Å². The summed E-state index contributed by atoms with van der Waals surface area (Å²) >= 11 is 5.12. The normalized spacial score (nSPS) is 10.4. The van der Waals surface area contributed by atoms with Crippen LogP contribution >= 0.6 is 12.2 Å². The summed E-state index contributed by atoms with van der Waals surface area (Å²) in [4.78, 5) is 0. The van der Waals surface area contributed by atoms with Crippen LogP contribution in [0.4, 0.5) is 5.69 Å². The first kappa shape index (κ1) is 14.0. The Morgan fingerprint density at radius 2 is 1.85 bits per heavy atom. The molecule has 2 rings (SSSR count). The van der Waals surface area contributed by atoms with Gasteiger partial charge in [0.15, 0.2) is 5.11 Å². The summed E-state index contributed by atoms with van der Waals surface area (Å²) in [7, 11) is 0. The molecule has 0 saturated heterocycles. The van der Waals surface area contributed by atoms with E-state index in [1.165, 1.54) is 11.8 Å². The number of aryl methyl sites for hydroxylation is 1. The molecular formula is C15H15N3OS. The van der Waals surface area contributed by atoms with E-state index < -0.39 is 0 Å². The number of hydrogen-bond acceptors (Lipinski definition) is 3. The van der Waals surface area contributed by atoms with E-state index in [-0.39, 0.29) is 5.75 Å². The van der Waals surface area contributed by atoms with E-state index in [9.17, 15) is 5.11 Å². The van der Waals surface area contributed by atoms with E-state index in [4.69, 9.17) is 12.2 Å². The number of hydrogen-bond donors (Lipinski definition) is 3. The van der Waals surface area contributed by atoms with Crippen LogP contribution < -0.4 is 10.7 Å². The average molecular weight is 285 g/mol. The molecule has 0 aromatic heterocycles. The Kier molecular flexibility index (Phi) is 4.68. The van der Waals surface area contributed by atoms with Crippen LogP contribution in [0.5, 0.6) is 5.75 Å². The highest BCUT2D eigenvalue weighted by atomic mass is 32.1. The highest BCUT2D eigenvalue weighted by Crippen LogP contribution is 2.12. The predicted molar refractivity (Wildman–Crippen MR) is 86.2 cm³/mol. The Bertz CT molecular complexity index is 623. The number of rotatable bonds is 3. The van der Waals surface area contributed by atoms with E-state index in [0.717, 1.165) is 5.69 Å². The summed E-state index contributed by atoms with van der Waals surface area (Å²) in [5.41, 5.74) is 5.40. The Hall–Kier alpha value is -2.40. The van der Waals surface area contributed by atoms with Gasteiger partial charge in [0.1, 0.15) is 5.75 Å². The second-order valence-corrected chi connectivity index (χ2v) is 4.66. The minimum atomic E-state index is 0.176. The van der Waals surface area contributed by atoms with Crippen molar-refractivity contribution in [2.24, 2.45) is 5.10 Å². The maximum Gasteiger partial charge on any atom is 0.191 e. The summed E-state index contributed by atoms with van der Waals surface area (Å²) < 4.78 is 0. The molecule has 102 valence electrons. The van der Waals surface area contributed by atoms with Gasteiger partial charge >= 0.3 is 0 Å². The quantitative estimate of drug-likeness (QED) is 0.461. The standard InChI is InChI=1S/C15H15N3OS/c1-11-6-8-13(9-7-11)17-15(20)18-16-10-12-4-2-3-5-14(12)19/h2-10,19H,1H3,(H2,17,18,20). The highest BCUT2D eigenvalue weighted by Gasteiger charge is 1.97. The minimum absolute atomic E-state index is 0.176. The van der Waals surface area contributed by atoms with E-state index in [0.29, 0.717) is 10.7 Å². The molecule has 0 saturated carbocycles. The molecule has 0 radical (unpaired) electrons. The molecule has 3 N–H and O–H groups in total. The molecule has 5 heteroatoms. The molecule has 2 aromatic rings. The number of anilines is 1.